The number of hydrogen-bond donors (Lipinski definition) is 1. The molecule has 1 N–H and O–H groups in total. The monoisotopic (exact) mass is 326 g/mol. The predicted molar refractivity (Wildman–Crippen MR) is 91.5 cm³/mol. The third kappa shape index (κ3) is 5.88. The standard InChI is InChI=1S/C20H22O4/c21-18(22)14-8-3-9-15-19(23)24-20(16-10-4-1-5-11-16)17-12-6-2-7-13-17/h1-2,4-7,10-13,20H,3,8-9,14-15H2,(H,21,22). The highest BCUT2D eigenvalue weighted by atomic mass is 16.5. The van der Waals surface area contributed by atoms with Crippen LogP contribution in [0.3, 0.4) is 0 Å². The summed E-state index contributed by atoms with van der Waals surface area (Å²) < 4.78 is 5.70. The lowest BCUT2D eigenvalue weighted by Crippen LogP contribution is -2.12. The zero-order chi connectivity index (χ0) is 17.2. The number of rotatable bonds is 9. The molecule has 2 aromatic carbocycles. The lowest BCUT2D eigenvalue weighted by Gasteiger charge is -2.19. The second kappa shape index (κ2) is 9.50. The molecule has 0 aliphatic carbocycles. The molecule has 24 heavy (non-hydrogen) atoms. The minimum absolute atomic E-state index is 0.145. The van der Waals surface area contributed by atoms with Crippen molar-refractivity contribution in [2.24, 2.45) is 0 Å². The molecule has 2 aromatic rings. The molecule has 4 heteroatoms. The van der Waals surface area contributed by atoms with Crippen molar-refractivity contribution in [2.45, 2.75) is 38.2 Å². The van der Waals surface area contributed by atoms with Crippen LogP contribution in [0.15, 0.2) is 60.7 Å². The van der Waals surface area contributed by atoms with Gasteiger partial charge in [-0.05, 0) is 24.0 Å². The van der Waals surface area contributed by atoms with Crippen molar-refractivity contribution in [1.82, 2.24) is 0 Å². The first kappa shape index (κ1) is 17.7. The lowest BCUT2D eigenvalue weighted by molar-refractivity contribution is -0.147. The summed E-state index contributed by atoms with van der Waals surface area (Å²) in [6.45, 7) is 0. The SMILES string of the molecule is O=C(O)CCCCCC(=O)OC(c1ccccc1)c1ccccc1. The first-order valence-electron chi connectivity index (χ1n) is 8.18. The molecule has 0 aromatic heterocycles. The Bertz CT molecular complexity index is 598. The van der Waals surface area contributed by atoms with Gasteiger partial charge in [-0.3, -0.25) is 9.59 Å². The summed E-state index contributed by atoms with van der Waals surface area (Å²) in [6, 6.07) is 19.3. The summed E-state index contributed by atoms with van der Waals surface area (Å²) >= 11 is 0. The fraction of sp³-hybridized carbons (Fsp3) is 0.300. The molecular weight excluding hydrogens is 304 g/mol. The summed E-state index contributed by atoms with van der Waals surface area (Å²) in [6.07, 6.45) is 1.97. The fourth-order valence-electron chi connectivity index (χ4n) is 2.50. The maximum atomic E-state index is 12.2. The Morgan fingerprint density at radius 1 is 0.792 bits per heavy atom. The first-order chi connectivity index (χ1) is 11.7. The van der Waals surface area contributed by atoms with E-state index in [9.17, 15) is 9.59 Å². The number of unbranched alkanes of at least 4 members (excludes halogenated alkanes) is 2. The molecule has 4 nitrogen and oxygen atoms in total. The largest absolute Gasteiger partial charge is 0.481 e. The van der Waals surface area contributed by atoms with Gasteiger partial charge in [0.15, 0.2) is 6.10 Å². The van der Waals surface area contributed by atoms with E-state index in [4.69, 9.17) is 9.84 Å². The Morgan fingerprint density at radius 2 is 1.29 bits per heavy atom. The molecule has 0 saturated carbocycles. The van der Waals surface area contributed by atoms with Crippen LogP contribution in [0, 0.1) is 0 Å². The molecule has 0 heterocycles. The average Bonchev–Trinajstić information content (AvgIpc) is 2.60. The van der Waals surface area contributed by atoms with Crippen LogP contribution >= 0.6 is 0 Å². The molecule has 0 fully saturated rings. The van der Waals surface area contributed by atoms with Gasteiger partial charge in [0.05, 0.1) is 0 Å². The van der Waals surface area contributed by atoms with E-state index in [0.29, 0.717) is 25.7 Å². The van der Waals surface area contributed by atoms with E-state index >= 15 is 0 Å². The van der Waals surface area contributed by atoms with Crippen molar-refractivity contribution >= 4 is 11.9 Å². The number of esters is 1. The minimum Gasteiger partial charge on any atom is -0.481 e. The molecular formula is C20H22O4. The maximum absolute atomic E-state index is 12.2. The van der Waals surface area contributed by atoms with Gasteiger partial charge >= 0.3 is 11.9 Å². The first-order valence-corrected chi connectivity index (χ1v) is 8.18. The topological polar surface area (TPSA) is 63.6 Å². The molecule has 0 spiro atoms. The van der Waals surface area contributed by atoms with Crippen LogP contribution in [0.5, 0.6) is 0 Å². The third-order valence-corrected chi connectivity index (χ3v) is 3.73. The van der Waals surface area contributed by atoms with Gasteiger partial charge in [-0.1, -0.05) is 67.1 Å². The van der Waals surface area contributed by atoms with Crippen LogP contribution in [0.2, 0.25) is 0 Å². The predicted octanol–water partition coefficient (Wildman–Crippen LogP) is 4.35. The number of aliphatic carboxylic acids is 1. The zero-order valence-electron chi connectivity index (χ0n) is 13.6. The van der Waals surface area contributed by atoms with Gasteiger partial charge in [-0.15, -0.1) is 0 Å². The number of benzene rings is 2. The third-order valence-electron chi connectivity index (χ3n) is 3.73. The van der Waals surface area contributed by atoms with Crippen LogP contribution in [0.25, 0.3) is 0 Å². The minimum atomic E-state index is -0.800. The van der Waals surface area contributed by atoms with Gasteiger partial charge in [0.2, 0.25) is 0 Å². The number of carbonyl (C=O) groups is 2. The van der Waals surface area contributed by atoms with Crippen molar-refractivity contribution in [3.8, 4) is 0 Å². The fourth-order valence-corrected chi connectivity index (χ4v) is 2.50. The van der Waals surface area contributed by atoms with E-state index in [1.165, 1.54) is 0 Å². The highest BCUT2D eigenvalue weighted by Crippen LogP contribution is 2.26. The van der Waals surface area contributed by atoms with E-state index in [0.717, 1.165) is 11.1 Å². The normalized spacial score (nSPS) is 10.5. The summed E-state index contributed by atoms with van der Waals surface area (Å²) in [7, 11) is 0. The van der Waals surface area contributed by atoms with E-state index in [1.807, 2.05) is 60.7 Å². The van der Waals surface area contributed by atoms with Crippen LogP contribution in [-0.2, 0) is 14.3 Å². The smallest absolute Gasteiger partial charge is 0.306 e. The molecule has 0 atom stereocenters. The van der Waals surface area contributed by atoms with E-state index < -0.39 is 12.1 Å². The molecule has 0 amide bonds. The Kier molecular flexibility index (Phi) is 7.02. The molecule has 0 radical (unpaired) electrons. The average molecular weight is 326 g/mol. The second-order valence-corrected chi connectivity index (χ2v) is 5.65. The van der Waals surface area contributed by atoms with E-state index in [1.54, 1.807) is 0 Å². The highest BCUT2D eigenvalue weighted by Gasteiger charge is 2.18. The molecule has 0 saturated heterocycles. The number of carboxylic acids is 1. The second-order valence-electron chi connectivity index (χ2n) is 5.65. The van der Waals surface area contributed by atoms with Crippen LogP contribution in [0.4, 0.5) is 0 Å². The van der Waals surface area contributed by atoms with E-state index in [2.05, 4.69) is 0 Å². The maximum Gasteiger partial charge on any atom is 0.306 e. The van der Waals surface area contributed by atoms with Gasteiger partial charge in [0, 0.05) is 12.8 Å². The molecule has 0 aliphatic rings. The number of carbonyl (C=O) groups excluding carboxylic acids is 1. The Balaban J connectivity index is 1.94. The van der Waals surface area contributed by atoms with Gasteiger partial charge in [0.1, 0.15) is 0 Å². The Labute approximate surface area is 142 Å². The number of carboxylic acid groups (broad SMARTS) is 1. The van der Waals surface area contributed by atoms with Crippen molar-refractivity contribution in [2.75, 3.05) is 0 Å². The van der Waals surface area contributed by atoms with Gasteiger partial charge in [-0.25, -0.2) is 0 Å². The zero-order valence-corrected chi connectivity index (χ0v) is 13.6. The molecule has 126 valence electrons. The molecule has 2 rings (SSSR count). The van der Waals surface area contributed by atoms with Gasteiger partial charge in [0.25, 0.3) is 0 Å². The quantitative estimate of drug-likeness (QED) is 0.549. The summed E-state index contributed by atoms with van der Waals surface area (Å²) in [4.78, 5) is 22.6. The lowest BCUT2D eigenvalue weighted by atomic mass is 10.0. The van der Waals surface area contributed by atoms with Gasteiger partial charge < -0.3 is 9.84 Å². The molecule has 0 bridgehead atoms. The van der Waals surface area contributed by atoms with Crippen molar-refractivity contribution in [3.63, 3.8) is 0 Å². The summed E-state index contributed by atoms with van der Waals surface area (Å²) in [5, 5.41) is 8.60. The number of ether oxygens (including phenoxy) is 1. The van der Waals surface area contributed by atoms with Crippen molar-refractivity contribution in [3.05, 3.63) is 71.8 Å². The van der Waals surface area contributed by atoms with Crippen molar-refractivity contribution in [1.29, 1.82) is 0 Å². The van der Waals surface area contributed by atoms with Gasteiger partial charge in [-0.2, -0.15) is 0 Å². The van der Waals surface area contributed by atoms with Crippen LogP contribution in [0.1, 0.15) is 49.3 Å². The summed E-state index contributed by atoms with van der Waals surface area (Å²) in [5.41, 5.74) is 1.87. The van der Waals surface area contributed by atoms with Crippen LogP contribution in [-0.4, -0.2) is 17.0 Å². The van der Waals surface area contributed by atoms with Crippen molar-refractivity contribution < 1.29 is 19.4 Å². The summed E-state index contributed by atoms with van der Waals surface area (Å²) in [5.74, 6) is -1.06. The molecule has 0 aliphatic heterocycles. The van der Waals surface area contributed by atoms with Crippen LogP contribution < -0.4 is 0 Å². The van der Waals surface area contributed by atoms with E-state index in [-0.39, 0.29) is 12.4 Å². The highest BCUT2D eigenvalue weighted by molar-refractivity contribution is 5.70. The number of hydrogen-bond acceptors (Lipinski definition) is 3. The Hall–Kier alpha value is -2.62. The molecule has 0 unspecified atom stereocenters. The Morgan fingerprint density at radius 3 is 1.79 bits per heavy atom.